The van der Waals surface area contributed by atoms with Crippen molar-refractivity contribution in [3.63, 3.8) is 0 Å². The van der Waals surface area contributed by atoms with Gasteiger partial charge in [0.2, 0.25) is 0 Å². The maximum atomic E-state index is 12.9. The Morgan fingerprint density at radius 2 is 0.500 bits per heavy atom. The van der Waals surface area contributed by atoms with Gasteiger partial charge in [0.15, 0.2) is 6.10 Å². The number of allylic oxidation sites excluding steroid dienone is 20. The minimum atomic E-state index is -0.807. The van der Waals surface area contributed by atoms with Crippen molar-refractivity contribution in [2.45, 2.75) is 329 Å². The van der Waals surface area contributed by atoms with E-state index in [1.165, 1.54) is 161 Å². The summed E-state index contributed by atoms with van der Waals surface area (Å²) in [5, 5.41) is 0. The quantitative estimate of drug-likeness (QED) is 0.0261. The fraction of sp³-hybridized carbons (Fsp3) is 0.697. The highest BCUT2D eigenvalue weighted by atomic mass is 16.6. The molecule has 0 saturated carbocycles. The van der Waals surface area contributed by atoms with Gasteiger partial charge in [-0.15, -0.1) is 0 Å². The molecule has 0 amide bonds. The number of carbonyl (C=O) groups excluding carboxylic acids is 3. The summed E-state index contributed by atoms with van der Waals surface area (Å²) in [6, 6.07) is 0. The molecule has 0 aliphatic carbocycles. The Kier molecular flexibility index (Phi) is 65.8. The van der Waals surface area contributed by atoms with E-state index in [-0.39, 0.29) is 37.5 Å². The summed E-state index contributed by atoms with van der Waals surface area (Å²) < 4.78 is 16.9. The van der Waals surface area contributed by atoms with E-state index in [4.69, 9.17) is 14.2 Å². The van der Waals surface area contributed by atoms with Crippen LogP contribution in [0, 0.1) is 0 Å². The van der Waals surface area contributed by atoms with E-state index in [1.807, 2.05) is 0 Å². The van der Waals surface area contributed by atoms with Crippen molar-refractivity contribution in [2.75, 3.05) is 13.2 Å². The highest BCUT2D eigenvalue weighted by Gasteiger charge is 2.19. The molecule has 1 atom stereocenters. The van der Waals surface area contributed by atoms with E-state index >= 15 is 0 Å². The fourth-order valence-corrected chi connectivity index (χ4v) is 9.55. The van der Waals surface area contributed by atoms with Gasteiger partial charge in [-0.2, -0.15) is 0 Å². The highest BCUT2D eigenvalue weighted by molar-refractivity contribution is 5.71. The Morgan fingerprint density at radius 3 is 0.841 bits per heavy atom. The topological polar surface area (TPSA) is 78.9 Å². The number of carbonyl (C=O) groups is 3. The Labute approximate surface area is 507 Å². The molecule has 0 bridgehead atoms. The fourth-order valence-electron chi connectivity index (χ4n) is 9.55. The second-order valence-corrected chi connectivity index (χ2v) is 22.7. The van der Waals surface area contributed by atoms with Crippen LogP contribution >= 0.6 is 0 Å². The Morgan fingerprint density at radius 1 is 0.256 bits per heavy atom. The van der Waals surface area contributed by atoms with Crippen molar-refractivity contribution in [1.29, 1.82) is 0 Å². The number of unbranched alkanes of at least 4 members (excludes halogenated alkanes) is 31. The summed E-state index contributed by atoms with van der Waals surface area (Å²) >= 11 is 0. The zero-order valence-corrected chi connectivity index (χ0v) is 53.7. The maximum absolute atomic E-state index is 12.9. The first-order chi connectivity index (χ1) is 40.5. The molecule has 0 radical (unpaired) electrons. The average Bonchev–Trinajstić information content (AvgIpc) is 3.47. The molecular formula is C76H128O6. The largest absolute Gasteiger partial charge is 0.462 e. The lowest BCUT2D eigenvalue weighted by molar-refractivity contribution is -0.167. The maximum Gasteiger partial charge on any atom is 0.306 e. The van der Waals surface area contributed by atoms with E-state index < -0.39 is 6.10 Å². The van der Waals surface area contributed by atoms with E-state index in [0.717, 1.165) is 116 Å². The van der Waals surface area contributed by atoms with Gasteiger partial charge in [-0.1, -0.05) is 322 Å². The Hall–Kier alpha value is -4.19. The molecule has 0 aromatic heterocycles. The van der Waals surface area contributed by atoms with Crippen LogP contribution < -0.4 is 0 Å². The summed E-state index contributed by atoms with van der Waals surface area (Å²) in [6.07, 6.45) is 96.6. The third kappa shape index (κ3) is 66.6. The van der Waals surface area contributed by atoms with Crippen LogP contribution in [0.3, 0.4) is 0 Å². The van der Waals surface area contributed by atoms with Crippen molar-refractivity contribution in [3.8, 4) is 0 Å². The van der Waals surface area contributed by atoms with Crippen LogP contribution in [0.4, 0.5) is 0 Å². The number of ether oxygens (including phenoxy) is 3. The third-order valence-electron chi connectivity index (χ3n) is 14.7. The number of hydrogen-bond acceptors (Lipinski definition) is 6. The lowest BCUT2D eigenvalue weighted by Crippen LogP contribution is -2.30. The van der Waals surface area contributed by atoms with Gasteiger partial charge in [0.1, 0.15) is 13.2 Å². The minimum absolute atomic E-state index is 0.100. The van der Waals surface area contributed by atoms with E-state index in [2.05, 4.69) is 142 Å². The smallest absolute Gasteiger partial charge is 0.306 e. The van der Waals surface area contributed by atoms with Gasteiger partial charge in [0.25, 0.3) is 0 Å². The minimum Gasteiger partial charge on any atom is -0.462 e. The SMILES string of the molecule is CC/C=C\C/C=C\C/C=C\C/C=C\C/C=C\C/C=C\C/C=C\C/C=C\C/C=C\CCCC(=O)OCC(COC(=O)CCCCCCC/C=C\CCCC)OC(=O)CCCCCCCCCCCCCCCCCCCCCCCCCC. The van der Waals surface area contributed by atoms with Crippen molar-refractivity contribution >= 4 is 17.9 Å². The predicted octanol–water partition coefficient (Wildman–Crippen LogP) is 23.9. The average molecular weight is 1140 g/mol. The van der Waals surface area contributed by atoms with E-state index in [0.29, 0.717) is 19.3 Å². The molecule has 0 aromatic carbocycles. The van der Waals surface area contributed by atoms with Gasteiger partial charge < -0.3 is 14.2 Å². The van der Waals surface area contributed by atoms with Crippen molar-refractivity contribution in [1.82, 2.24) is 0 Å². The molecule has 468 valence electrons. The standard InChI is InChI=1S/C76H128O6/c1-4-7-10-13-16-19-22-24-26-28-30-32-34-36-37-38-39-40-42-43-45-47-49-51-54-57-60-63-66-69-75(78)81-72-73(71-80-74(77)68-65-62-59-56-53-21-18-15-12-9-6-3)82-76(79)70-67-64-61-58-55-52-50-48-46-44-41-35-33-31-29-27-25-23-20-17-14-11-8-5-2/h7,10,15-16,18-19,24,26,30,32,36-37,39-40,43,45,49,51,57,60,73H,4-6,8-9,11-14,17,20-23,25,27-29,31,33-35,38,41-42,44,46-48,50,52-56,58-59,61-72H2,1-3H3/b10-7-,18-15-,19-16-,26-24-,32-30-,37-36-,40-39-,45-43-,51-49-,60-57-. The Balaban J connectivity index is 4.35. The van der Waals surface area contributed by atoms with Crippen molar-refractivity contribution in [3.05, 3.63) is 122 Å². The molecule has 0 aliphatic heterocycles. The molecule has 0 fully saturated rings. The van der Waals surface area contributed by atoms with Gasteiger partial charge in [-0.25, -0.2) is 0 Å². The zero-order chi connectivity index (χ0) is 59.2. The monoisotopic (exact) mass is 1140 g/mol. The first-order valence-electron chi connectivity index (χ1n) is 34.5. The molecule has 0 saturated heterocycles. The third-order valence-corrected chi connectivity index (χ3v) is 14.7. The van der Waals surface area contributed by atoms with Gasteiger partial charge >= 0.3 is 17.9 Å². The molecule has 0 aliphatic rings. The summed E-state index contributed by atoms with van der Waals surface area (Å²) in [5.74, 6) is -0.962. The van der Waals surface area contributed by atoms with Gasteiger partial charge in [0, 0.05) is 19.3 Å². The van der Waals surface area contributed by atoms with Crippen molar-refractivity contribution in [2.24, 2.45) is 0 Å². The lowest BCUT2D eigenvalue weighted by Gasteiger charge is -2.18. The molecule has 0 N–H and O–H groups in total. The van der Waals surface area contributed by atoms with Gasteiger partial charge in [0.05, 0.1) is 0 Å². The number of rotatable bonds is 62. The van der Waals surface area contributed by atoms with Crippen LogP contribution in [0.5, 0.6) is 0 Å². The van der Waals surface area contributed by atoms with Gasteiger partial charge in [-0.3, -0.25) is 14.4 Å². The molecular weight excluding hydrogens is 1010 g/mol. The number of hydrogen-bond donors (Lipinski definition) is 0. The first-order valence-corrected chi connectivity index (χ1v) is 34.5. The first kappa shape index (κ1) is 77.8. The molecule has 6 heteroatoms. The molecule has 0 heterocycles. The molecule has 6 nitrogen and oxygen atoms in total. The molecule has 0 spiro atoms. The summed E-state index contributed by atoms with van der Waals surface area (Å²) in [4.78, 5) is 38.3. The summed E-state index contributed by atoms with van der Waals surface area (Å²) in [5.41, 5.74) is 0. The Bertz CT molecular complexity index is 1690. The van der Waals surface area contributed by atoms with E-state index in [1.54, 1.807) is 0 Å². The molecule has 1 unspecified atom stereocenters. The lowest BCUT2D eigenvalue weighted by atomic mass is 10.0. The van der Waals surface area contributed by atoms with Crippen LogP contribution in [0.2, 0.25) is 0 Å². The summed E-state index contributed by atoms with van der Waals surface area (Å²) in [7, 11) is 0. The van der Waals surface area contributed by atoms with Crippen LogP contribution in [0.25, 0.3) is 0 Å². The van der Waals surface area contributed by atoms with Crippen LogP contribution in [0.1, 0.15) is 323 Å². The van der Waals surface area contributed by atoms with E-state index in [9.17, 15) is 14.4 Å². The van der Waals surface area contributed by atoms with Gasteiger partial charge in [-0.05, 0) is 103 Å². The van der Waals surface area contributed by atoms with Crippen LogP contribution in [-0.2, 0) is 28.6 Å². The predicted molar refractivity (Wildman–Crippen MR) is 357 cm³/mol. The highest BCUT2D eigenvalue weighted by Crippen LogP contribution is 2.17. The zero-order valence-electron chi connectivity index (χ0n) is 53.7. The molecule has 82 heavy (non-hydrogen) atoms. The second kappa shape index (κ2) is 69.3. The van der Waals surface area contributed by atoms with Crippen molar-refractivity contribution < 1.29 is 28.6 Å². The normalized spacial score (nSPS) is 12.9. The molecule has 0 rings (SSSR count). The molecule has 0 aromatic rings. The second-order valence-electron chi connectivity index (χ2n) is 22.7. The number of esters is 3. The van der Waals surface area contributed by atoms with Crippen LogP contribution in [0.15, 0.2) is 122 Å². The van der Waals surface area contributed by atoms with Crippen LogP contribution in [-0.4, -0.2) is 37.2 Å². The summed E-state index contributed by atoms with van der Waals surface area (Å²) in [6.45, 7) is 6.46.